The van der Waals surface area contributed by atoms with Gasteiger partial charge in [-0.3, -0.25) is 0 Å². The van der Waals surface area contributed by atoms with Crippen molar-refractivity contribution in [2.24, 2.45) is 5.11 Å². The molecule has 0 aliphatic rings. The van der Waals surface area contributed by atoms with Crippen molar-refractivity contribution in [3.8, 4) is 0 Å². The second kappa shape index (κ2) is 6.09. The minimum absolute atomic E-state index is 0.136. The van der Waals surface area contributed by atoms with Crippen molar-refractivity contribution in [2.75, 3.05) is 12.9 Å². The lowest BCUT2D eigenvalue weighted by Crippen LogP contribution is -2.11. The van der Waals surface area contributed by atoms with Gasteiger partial charge in [-0.25, -0.2) is 8.42 Å². The number of methoxy groups -OCH3 is 1. The van der Waals surface area contributed by atoms with Gasteiger partial charge in [0.05, 0.1) is 17.7 Å². The van der Waals surface area contributed by atoms with Gasteiger partial charge in [0.25, 0.3) is 0 Å². The van der Waals surface area contributed by atoms with Gasteiger partial charge < -0.3 is 4.74 Å². The number of sulfone groups is 1. The number of nitrogens with zero attached hydrogens (tertiary/aromatic N) is 3. The number of rotatable bonds is 5. The maximum atomic E-state index is 12.1. The molecule has 0 amide bonds. The SMILES string of the molecule is CO/C(CS(=O)(=O)c1ccccc1)=C(/C)N=[N+]=[N-]. The monoisotopic (exact) mass is 267 g/mol. The maximum absolute atomic E-state index is 12.1. The van der Waals surface area contributed by atoms with Gasteiger partial charge in [0.1, 0.15) is 11.5 Å². The molecule has 0 heterocycles. The molecule has 1 rings (SSSR count). The molecular formula is C11H13N3O3S. The predicted octanol–water partition coefficient (Wildman–Crippen LogP) is 2.65. The van der Waals surface area contributed by atoms with Crippen LogP contribution in [0.1, 0.15) is 6.92 Å². The molecule has 0 saturated heterocycles. The third-order valence-corrected chi connectivity index (χ3v) is 3.90. The Balaban J connectivity index is 3.10. The highest BCUT2D eigenvalue weighted by Crippen LogP contribution is 2.16. The largest absolute Gasteiger partial charge is 0.500 e. The van der Waals surface area contributed by atoms with Crippen LogP contribution in [0.15, 0.2) is 51.8 Å². The van der Waals surface area contributed by atoms with Crippen LogP contribution in [0.4, 0.5) is 0 Å². The Hall–Kier alpha value is -1.98. The Labute approximate surface area is 105 Å². The van der Waals surface area contributed by atoms with E-state index in [1.54, 1.807) is 18.2 Å². The number of benzene rings is 1. The van der Waals surface area contributed by atoms with E-state index in [1.165, 1.54) is 26.2 Å². The van der Waals surface area contributed by atoms with Gasteiger partial charge in [0.2, 0.25) is 0 Å². The zero-order valence-electron chi connectivity index (χ0n) is 10.1. The molecule has 0 saturated carbocycles. The molecule has 0 fully saturated rings. The van der Waals surface area contributed by atoms with Crippen molar-refractivity contribution < 1.29 is 13.2 Å². The van der Waals surface area contributed by atoms with Crippen LogP contribution < -0.4 is 0 Å². The molecule has 7 heteroatoms. The molecule has 96 valence electrons. The molecule has 0 bridgehead atoms. The quantitative estimate of drug-likeness (QED) is 0.355. The fourth-order valence-electron chi connectivity index (χ4n) is 1.32. The zero-order chi connectivity index (χ0) is 13.6. The van der Waals surface area contributed by atoms with Crippen LogP contribution in [0.5, 0.6) is 0 Å². The predicted molar refractivity (Wildman–Crippen MR) is 67.3 cm³/mol. The standard InChI is InChI=1S/C11H13N3O3S/c1-9(13-14-12)11(17-2)8-18(15,16)10-6-4-3-5-7-10/h3-7H,8H2,1-2H3/b11-9-. The minimum Gasteiger partial charge on any atom is -0.500 e. The topological polar surface area (TPSA) is 92.1 Å². The summed E-state index contributed by atoms with van der Waals surface area (Å²) in [5.41, 5.74) is 8.52. The molecule has 0 unspecified atom stereocenters. The lowest BCUT2D eigenvalue weighted by molar-refractivity contribution is 0.289. The molecule has 1 aromatic rings. The second-order valence-electron chi connectivity index (χ2n) is 3.47. The number of ether oxygens (including phenoxy) is 1. The Bertz CT molecular complexity index is 587. The average molecular weight is 267 g/mol. The summed E-state index contributed by atoms with van der Waals surface area (Å²) in [4.78, 5) is 2.80. The molecule has 0 atom stereocenters. The van der Waals surface area contributed by atoms with Gasteiger partial charge in [-0.15, -0.1) is 0 Å². The van der Waals surface area contributed by atoms with Crippen molar-refractivity contribution in [3.63, 3.8) is 0 Å². The van der Waals surface area contributed by atoms with Crippen LogP contribution in [0.2, 0.25) is 0 Å². The third-order valence-electron chi connectivity index (χ3n) is 2.27. The Kier molecular flexibility index (Phi) is 4.76. The van der Waals surface area contributed by atoms with Crippen LogP contribution in [0.25, 0.3) is 10.4 Å². The fourth-order valence-corrected chi connectivity index (χ4v) is 2.73. The van der Waals surface area contributed by atoms with E-state index in [4.69, 9.17) is 10.3 Å². The van der Waals surface area contributed by atoms with Crippen molar-refractivity contribution in [3.05, 3.63) is 52.2 Å². The van der Waals surface area contributed by atoms with E-state index in [1.807, 2.05) is 0 Å². The van der Waals surface area contributed by atoms with Gasteiger partial charge in [-0.2, -0.15) is 0 Å². The number of allylic oxidation sites excluding steroid dienone is 1. The van der Waals surface area contributed by atoms with E-state index >= 15 is 0 Å². The number of hydrogen-bond acceptors (Lipinski definition) is 4. The van der Waals surface area contributed by atoms with Gasteiger partial charge in [-0.05, 0) is 24.6 Å². The second-order valence-corrected chi connectivity index (χ2v) is 5.46. The zero-order valence-corrected chi connectivity index (χ0v) is 10.9. The average Bonchev–Trinajstić information content (AvgIpc) is 2.37. The minimum atomic E-state index is -3.50. The van der Waals surface area contributed by atoms with Gasteiger partial charge in [-0.1, -0.05) is 23.3 Å². The highest BCUT2D eigenvalue weighted by Gasteiger charge is 2.18. The normalized spacial score (nSPS) is 12.3. The van der Waals surface area contributed by atoms with Crippen molar-refractivity contribution in [2.45, 2.75) is 11.8 Å². The van der Waals surface area contributed by atoms with Gasteiger partial charge in [0, 0.05) is 4.91 Å². The molecule has 0 aliphatic carbocycles. The van der Waals surface area contributed by atoms with E-state index in [-0.39, 0.29) is 22.1 Å². The summed E-state index contributed by atoms with van der Waals surface area (Å²) < 4.78 is 29.1. The first-order valence-electron chi connectivity index (χ1n) is 5.08. The van der Waals surface area contributed by atoms with Crippen LogP contribution in [0, 0.1) is 0 Å². The molecule has 0 N–H and O–H groups in total. The highest BCUT2D eigenvalue weighted by atomic mass is 32.2. The first-order chi connectivity index (χ1) is 8.51. The Morgan fingerprint density at radius 3 is 2.50 bits per heavy atom. The number of hydrogen-bond donors (Lipinski definition) is 0. The van der Waals surface area contributed by atoms with E-state index in [0.29, 0.717) is 0 Å². The molecule has 0 spiro atoms. The smallest absolute Gasteiger partial charge is 0.185 e. The summed E-state index contributed by atoms with van der Waals surface area (Å²) in [6.45, 7) is 1.50. The van der Waals surface area contributed by atoms with Crippen LogP contribution >= 0.6 is 0 Å². The van der Waals surface area contributed by atoms with E-state index in [2.05, 4.69) is 10.0 Å². The third kappa shape index (κ3) is 3.51. The number of azide groups is 1. The van der Waals surface area contributed by atoms with Crippen molar-refractivity contribution in [1.82, 2.24) is 0 Å². The van der Waals surface area contributed by atoms with Gasteiger partial charge >= 0.3 is 0 Å². The van der Waals surface area contributed by atoms with Crippen LogP contribution in [-0.4, -0.2) is 21.3 Å². The molecule has 6 nitrogen and oxygen atoms in total. The summed E-state index contributed by atoms with van der Waals surface area (Å²) in [5.74, 6) is -0.199. The summed E-state index contributed by atoms with van der Waals surface area (Å²) in [6, 6.07) is 8.03. The molecular weight excluding hydrogens is 254 g/mol. The summed E-state index contributed by atoms with van der Waals surface area (Å²) in [7, 11) is -2.16. The highest BCUT2D eigenvalue weighted by molar-refractivity contribution is 7.91. The molecule has 0 radical (unpaired) electrons. The molecule has 0 aliphatic heterocycles. The first-order valence-corrected chi connectivity index (χ1v) is 6.73. The van der Waals surface area contributed by atoms with Crippen molar-refractivity contribution in [1.29, 1.82) is 0 Å². The van der Waals surface area contributed by atoms with Crippen molar-refractivity contribution >= 4 is 9.84 Å². The van der Waals surface area contributed by atoms with Crippen LogP contribution in [0.3, 0.4) is 0 Å². The Morgan fingerprint density at radius 1 is 1.39 bits per heavy atom. The van der Waals surface area contributed by atoms with Gasteiger partial charge in [0.15, 0.2) is 9.84 Å². The fraction of sp³-hybridized carbons (Fsp3) is 0.273. The Morgan fingerprint density at radius 2 is 2.00 bits per heavy atom. The van der Waals surface area contributed by atoms with Crippen LogP contribution in [-0.2, 0) is 14.6 Å². The first kappa shape index (κ1) is 14.1. The summed E-state index contributed by atoms with van der Waals surface area (Å²) in [6.07, 6.45) is 0. The molecule has 18 heavy (non-hydrogen) atoms. The maximum Gasteiger partial charge on any atom is 0.185 e. The lowest BCUT2D eigenvalue weighted by Gasteiger charge is -2.09. The van der Waals surface area contributed by atoms with E-state index in [0.717, 1.165) is 0 Å². The van der Waals surface area contributed by atoms with E-state index < -0.39 is 9.84 Å². The lowest BCUT2D eigenvalue weighted by atomic mass is 10.4. The molecule has 1 aromatic carbocycles. The van der Waals surface area contributed by atoms with E-state index in [9.17, 15) is 8.42 Å². The molecule has 0 aromatic heterocycles. The summed E-state index contributed by atoms with van der Waals surface area (Å²) >= 11 is 0. The summed E-state index contributed by atoms with van der Waals surface area (Å²) in [5, 5.41) is 3.34.